The highest BCUT2D eigenvalue weighted by atomic mass is 19.1. The Hall–Kier alpha value is -2.36. The van der Waals surface area contributed by atoms with E-state index in [0.717, 1.165) is 5.56 Å². The van der Waals surface area contributed by atoms with Crippen molar-refractivity contribution in [2.75, 3.05) is 0 Å². The minimum absolute atomic E-state index is 0.0520. The summed E-state index contributed by atoms with van der Waals surface area (Å²) >= 11 is 0. The monoisotopic (exact) mass is 259 g/mol. The summed E-state index contributed by atoms with van der Waals surface area (Å²) in [4.78, 5) is 11.3. The summed E-state index contributed by atoms with van der Waals surface area (Å²) in [6, 6.07) is 11.4. The molecule has 0 bridgehead atoms. The molecule has 0 saturated carbocycles. The van der Waals surface area contributed by atoms with Crippen molar-refractivity contribution < 1.29 is 13.9 Å². The van der Waals surface area contributed by atoms with E-state index in [1.54, 1.807) is 36.4 Å². The van der Waals surface area contributed by atoms with Crippen molar-refractivity contribution in [1.82, 2.24) is 0 Å². The van der Waals surface area contributed by atoms with Crippen molar-refractivity contribution in [3.63, 3.8) is 0 Å². The van der Waals surface area contributed by atoms with Crippen molar-refractivity contribution >= 4 is 5.91 Å². The topological polar surface area (TPSA) is 52.3 Å². The van der Waals surface area contributed by atoms with Gasteiger partial charge in [0.25, 0.3) is 5.91 Å². The third-order valence-electron chi connectivity index (χ3n) is 2.74. The Morgan fingerprint density at radius 1 is 1.26 bits per heavy atom. The smallest absolute Gasteiger partial charge is 0.252 e. The number of carbonyl (C=O) groups excluding carboxylic acids is 1. The van der Waals surface area contributed by atoms with E-state index < -0.39 is 5.91 Å². The molecule has 1 amide bonds. The van der Waals surface area contributed by atoms with Gasteiger partial charge in [-0.05, 0) is 30.7 Å². The molecule has 2 aromatic carbocycles. The summed E-state index contributed by atoms with van der Waals surface area (Å²) in [5, 5.41) is 0. The van der Waals surface area contributed by atoms with Crippen LogP contribution in [0.1, 0.15) is 21.5 Å². The molecule has 98 valence electrons. The largest absolute Gasteiger partial charge is 0.488 e. The first-order valence-corrected chi connectivity index (χ1v) is 5.84. The van der Waals surface area contributed by atoms with Crippen LogP contribution in [-0.4, -0.2) is 5.91 Å². The van der Waals surface area contributed by atoms with Gasteiger partial charge in [0.15, 0.2) is 0 Å². The first-order valence-electron chi connectivity index (χ1n) is 5.84. The molecule has 0 unspecified atom stereocenters. The number of rotatable bonds is 4. The molecule has 0 fully saturated rings. The number of hydrogen-bond donors (Lipinski definition) is 1. The van der Waals surface area contributed by atoms with Crippen LogP contribution in [0.4, 0.5) is 4.39 Å². The lowest BCUT2D eigenvalue weighted by atomic mass is 10.1. The molecular formula is C15H14FNO2. The number of benzene rings is 2. The van der Waals surface area contributed by atoms with Crippen molar-refractivity contribution in [3.05, 3.63) is 65.0 Å². The van der Waals surface area contributed by atoms with Crippen LogP contribution < -0.4 is 10.5 Å². The fourth-order valence-corrected chi connectivity index (χ4v) is 1.72. The van der Waals surface area contributed by atoms with Crippen molar-refractivity contribution in [3.8, 4) is 5.75 Å². The number of hydrogen-bond acceptors (Lipinski definition) is 2. The highest BCUT2D eigenvalue weighted by Gasteiger charge is 2.10. The summed E-state index contributed by atoms with van der Waals surface area (Å²) in [5.74, 6) is -0.532. The fourth-order valence-electron chi connectivity index (χ4n) is 1.72. The van der Waals surface area contributed by atoms with Crippen LogP contribution >= 0.6 is 0 Å². The summed E-state index contributed by atoms with van der Waals surface area (Å²) in [7, 11) is 0. The Bertz CT molecular complexity index is 611. The molecule has 0 heterocycles. The maximum absolute atomic E-state index is 13.5. The number of carbonyl (C=O) groups is 1. The number of ether oxygens (including phenoxy) is 1. The van der Waals surface area contributed by atoms with Gasteiger partial charge < -0.3 is 10.5 Å². The van der Waals surface area contributed by atoms with E-state index >= 15 is 0 Å². The number of halogens is 1. The van der Waals surface area contributed by atoms with E-state index in [4.69, 9.17) is 10.5 Å². The van der Waals surface area contributed by atoms with Gasteiger partial charge in [-0.1, -0.05) is 24.3 Å². The van der Waals surface area contributed by atoms with Gasteiger partial charge in [0.2, 0.25) is 0 Å². The van der Waals surface area contributed by atoms with Gasteiger partial charge in [0, 0.05) is 5.56 Å². The summed E-state index contributed by atoms with van der Waals surface area (Å²) < 4.78 is 19.0. The first-order chi connectivity index (χ1) is 9.08. The third-order valence-corrected chi connectivity index (χ3v) is 2.74. The predicted molar refractivity (Wildman–Crippen MR) is 70.4 cm³/mol. The van der Waals surface area contributed by atoms with Crippen LogP contribution in [0.3, 0.4) is 0 Å². The van der Waals surface area contributed by atoms with Gasteiger partial charge >= 0.3 is 0 Å². The van der Waals surface area contributed by atoms with Crippen molar-refractivity contribution in [2.24, 2.45) is 5.73 Å². The van der Waals surface area contributed by atoms with Gasteiger partial charge in [-0.2, -0.15) is 0 Å². The molecule has 19 heavy (non-hydrogen) atoms. The molecule has 0 aliphatic carbocycles. The van der Waals surface area contributed by atoms with Crippen LogP contribution in [0.15, 0.2) is 42.5 Å². The van der Waals surface area contributed by atoms with Crippen LogP contribution in [0.5, 0.6) is 5.75 Å². The SMILES string of the molecule is Cc1ccc(C(N)=O)c(OCc2ccccc2F)c1. The molecule has 2 N–H and O–H groups in total. The maximum Gasteiger partial charge on any atom is 0.252 e. The van der Waals surface area contributed by atoms with E-state index in [1.807, 2.05) is 6.92 Å². The summed E-state index contributed by atoms with van der Waals surface area (Å²) in [6.07, 6.45) is 0. The molecule has 0 spiro atoms. The molecule has 0 aliphatic rings. The highest BCUT2D eigenvalue weighted by molar-refractivity contribution is 5.95. The Morgan fingerprint density at radius 3 is 2.68 bits per heavy atom. The van der Waals surface area contributed by atoms with E-state index in [2.05, 4.69) is 0 Å². The lowest BCUT2D eigenvalue weighted by Crippen LogP contribution is -2.13. The lowest BCUT2D eigenvalue weighted by molar-refractivity contribution is 0.0996. The number of nitrogens with two attached hydrogens (primary N) is 1. The number of aryl methyl sites for hydroxylation is 1. The number of primary amides is 1. The van der Waals surface area contributed by atoms with Crippen LogP contribution in [0.2, 0.25) is 0 Å². The molecule has 2 rings (SSSR count). The van der Waals surface area contributed by atoms with Gasteiger partial charge in [-0.25, -0.2) is 4.39 Å². The Morgan fingerprint density at radius 2 is 2.00 bits per heavy atom. The second-order valence-electron chi connectivity index (χ2n) is 4.24. The zero-order valence-electron chi connectivity index (χ0n) is 10.5. The lowest BCUT2D eigenvalue weighted by Gasteiger charge is -2.11. The summed E-state index contributed by atoms with van der Waals surface area (Å²) in [5.41, 5.74) is 6.93. The van der Waals surface area contributed by atoms with Crippen LogP contribution in [-0.2, 0) is 6.61 Å². The summed E-state index contributed by atoms with van der Waals surface area (Å²) in [6.45, 7) is 1.93. The van der Waals surface area contributed by atoms with Crippen molar-refractivity contribution in [2.45, 2.75) is 13.5 Å². The standard InChI is InChI=1S/C15H14FNO2/c1-10-6-7-12(15(17)18)14(8-10)19-9-11-4-2-3-5-13(11)16/h2-8H,9H2,1H3,(H2,17,18). The minimum Gasteiger partial charge on any atom is -0.488 e. The Kier molecular flexibility index (Phi) is 3.80. The average molecular weight is 259 g/mol. The Balaban J connectivity index is 2.22. The molecule has 0 atom stereocenters. The molecule has 0 aliphatic heterocycles. The second kappa shape index (κ2) is 5.52. The maximum atomic E-state index is 13.5. The molecule has 0 aromatic heterocycles. The van der Waals surface area contributed by atoms with Crippen LogP contribution in [0.25, 0.3) is 0 Å². The zero-order valence-corrected chi connectivity index (χ0v) is 10.5. The van der Waals surface area contributed by atoms with Gasteiger partial charge in [-0.15, -0.1) is 0 Å². The normalized spacial score (nSPS) is 10.2. The predicted octanol–water partition coefficient (Wildman–Crippen LogP) is 2.81. The van der Waals surface area contributed by atoms with Gasteiger partial charge in [0.1, 0.15) is 18.2 Å². The average Bonchev–Trinajstić information content (AvgIpc) is 2.37. The quantitative estimate of drug-likeness (QED) is 0.917. The van der Waals surface area contributed by atoms with Crippen molar-refractivity contribution in [1.29, 1.82) is 0 Å². The highest BCUT2D eigenvalue weighted by Crippen LogP contribution is 2.21. The molecule has 0 radical (unpaired) electrons. The first kappa shape index (κ1) is 13.1. The molecule has 2 aromatic rings. The van der Waals surface area contributed by atoms with Gasteiger partial charge in [0.05, 0.1) is 5.56 Å². The second-order valence-corrected chi connectivity index (χ2v) is 4.24. The van der Waals surface area contributed by atoms with Gasteiger partial charge in [-0.3, -0.25) is 4.79 Å². The molecule has 4 heteroatoms. The zero-order chi connectivity index (χ0) is 13.8. The third kappa shape index (κ3) is 3.10. The van der Waals surface area contributed by atoms with E-state index in [0.29, 0.717) is 16.9 Å². The molecule has 3 nitrogen and oxygen atoms in total. The molecular weight excluding hydrogens is 245 g/mol. The Labute approximate surface area is 110 Å². The van der Waals surface area contributed by atoms with E-state index in [-0.39, 0.29) is 12.4 Å². The minimum atomic E-state index is -0.566. The van der Waals surface area contributed by atoms with E-state index in [1.165, 1.54) is 6.07 Å². The van der Waals surface area contributed by atoms with E-state index in [9.17, 15) is 9.18 Å². The number of amides is 1. The van der Waals surface area contributed by atoms with Crippen LogP contribution in [0, 0.1) is 12.7 Å². The molecule has 0 saturated heterocycles. The fraction of sp³-hybridized carbons (Fsp3) is 0.133.